The molecule has 1 aliphatic rings. The van der Waals surface area contributed by atoms with E-state index in [1.807, 2.05) is 30.9 Å². The molecular weight excluding hydrogens is 416 g/mol. The van der Waals surface area contributed by atoms with E-state index in [1.165, 1.54) is 0 Å². The molecule has 0 radical (unpaired) electrons. The number of rotatable bonds is 9. The Bertz CT molecular complexity index is 845. The van der Waals surface area contributed by atoms with E-state index >= 15 is 0 Å². The molecule has 2 rings (SSSR count). The molecule has 0 spiro atoms. The summed E-state index contributed by atoms with van der Waals surface area (Å²) in [7, 11) is -3.45. The van der Waals surface area contributed by atoms with E-state index in [1.54, 1.807) is 30.9 Å². The van der Waals surface area contributed by atoms with Crippen LogP contribution in [0, 0.1) is 5.92 Å². The van der Waals surface area contributed by atoms with E-state index in [4.69, 9.17) is 0 Å². The molecule has 1 saturated heterocycles. The summed E-state index contributed by atoms with van der Waals surface area (Å²) < 4.78 is 27.2. The largest absolute Gasteiger partial charge is 0.352 e. The van der Waals surface area contributed by atoms with Gasteiger partial charge in [0.25, 0.3) is 0 Å². The summed E-state index contributed by atoms with van der Waals surface area (Å²) in [4.78, 5) is 28.8. The molecule has 0 unspecified atom stereocenters. The van der Waals surface area contributed by atoms with Gasteiger partial charge < -0.3 is 15.1 Å². The van der Waals surface area contributed by atoms with Gasteiger partial charge in [-0.3, -0.25) is 4.79 Å². The Morgan fingerprint density at radius 2 is 1.68 bits per heavy atom. The van der Waals surface area contributed by atoms with E-state index in [0.717, 1.165) is 5.56 Å². The number of benzene rings is 1. The quantitative estimate of drug-likeness (QED) is 0.601. The highest BCUT2D eigenvalue weighted by Crippen LogP contribution is 2.19. The van der Waals surface area contributed by atoms with Crippen LogP contribution in [0.15, 0.2) is 24.3 Å². The number of urea groups is 1. The number of carbonyl (C=O) groups is 2. The highest BCUT2D eigenvalue weighted by molar-refractivity contribution is 7.88. The minimum absolute atomic E-state index is 0.0361. The molecule has 9 heteroatoms. The zero-order valence-corrected chi connectivity index (χ0v) is 19.9. The number of nitrogens with zero attached hydrogens (tertiary/aromatic N) is 2. The van der Waals surface area contributed by atoms with Gasteiger partial charge in [-0.15, -0.1) is 0 Å². The van der Waals surface area contributed by atoms with Crippen molar-refractivity contribution >= 4 is 22.0 Å². The number of hydrogen-bond donors (Lipinski definition) is 2. The van der Waals surface area contributed by atoms with Gasteiger partial charge >= 0.3 is 6.03 Å². The van der Waals surface area contributed by atoms with Gasteiger partial charge in [0, 0.05) is 44.7 Å². The highest BCUT2D eigenvalue weighted by Gasteiger charge is 2.28. The Kier molecular flexibility index (Phi) is 9.31. The van der Waals surface area contributed by atoms with Crippen LogP contribution < -0.4 is 10.0 Å². The Hall–Kier alpha value is -2.13. The van der Waals surface area contributed by atoms with E-state index in [9.17, 15) is 18.0 Å². The van der Waals surface area contributed by atoms with Crippen molar-refractivity contribution in [3.05, 3.63) is 35.4 Å². The van der Waals surface area contributed by atoms with Crippen LogP contribution in [0.4, 0.5) is 4.79 Å². The third-order valence-electron chi connectivity index (χ3n) is 5.50. The van der Waals surface area contributed by atoms with Gasteiger partial charge in [0.15, 0.2) is 0 Å². The number of carbonyl (C=O) groups excluding carboxylic acids is 2. The Morgan fingerprint density at radius 1 is 1.10 bits per heavy atom. The van der Waals surface area contributed by atoms with Crippen molar-refractivity contribution in [2.75, 3.05) is 26.2 Å². The van der Waals surface area contributed by atoms with Crippen molar-refractivity contribution in [1.82, 2.24) is 19.8 Å². The van der Waals surface area contributed by atoms with Crippen LogP contribution >= 0.6 is 0 Å². The topological polar surface area (TPSA) is 98.8 Å². The summed E-state index contributed by atoms with van der Waals surface area (Å²) in [6, 6.07) is 7.12. The van der Waals surface area contributed by atoms with Gasteiger partial charge in [-0.05, 0) is 51.7 Å². The Balaban J connectivity index is 1.91. The molecule has 8 nitrogen and oxygen atoms in total. The van der Waals surface area contributed by atoms with Gasteiger partial charge in [-0.25, -0.2) is 17.9 Å². The van der Waals surface area contributed by atoms with Crippen LogP contribution in [-0.2, 0) is 27.1 Å². The number of likely N-dealkylation sites (tertiary alicyclic amines) is 1. The van der Waals surface area contributed by atoms with Crippen molar-refractivity contribution in [2.24, 2.45) is 5.92 Å². The third kappa shape index (κ3) is 7.50. The maximum Gasteiger partial charge on any atom is 0.319 e. The molecule has 1 aliphatic heterocycles. The first-order chi connectivity index (χ1) is 14.7. The molecule has 1 heterocycles. The lowest BCUT2D eigenvalue weighted by atomic mass is 9.96. The normalized spacial score (nSPS) is 15.2. The number of hydrogen-bond acceptors (Lipinski definition) is 4. The molecule has 1 aromatic rings. The lowest BCUT2D eigenvalue weighted by Gasteiger charge is -2.34. The maximum absolute atomic E-state index is 12.7. The van der Waals surface area contributed by atoms with Crippen LogP contribution in [0.25, 0.3) is 0 Å². The number of sulfonamides is 1. The molecule has 0 saturated carbocycles. The summed E-state index contributed by atoms with van der Waals surface area (Å²) in [5.41, 5.74) is 1.47. The smallest absolute Gasteiger partial charge is 0.319 e. The lowest BCUT2D eigenvalue weighted by molar-refractivity contribution is -0.126. The van der Waals surface area contributed by atoms with Crippen LogP contribution in [0.2, 0.25) is 0 Å². The highest BCUT2D eigenvalue weighted by atomic mass is 32.2. The maximum atomic E-state index is 12.7. The van der Waals surface area contributed by atoms with Gasteiger partial charge in [0.05, 0.1) is 5.75 Å². The molecule has 1 aromatic carbocycles. The number of piperidine rings is 1. The molecule has 0 bridgehead atoms. The van der Waals surface area contributed by atoms with Crippen molar-refractivity contribution in [2.45, 2.75) is 58.9 Å². The first-order valence-electron chi connectivity index (χ1n) is 11.0. The standard InChI is InChI=1S/C22H36N4O4S/c1-5-25(6-2)22(28)26-13-11-18(12-14-26)21(27)23-15-19-9-7-8-10-20(19)16-31(29,30)24-17(3)4/h7-10,17-18,24H,5-6,11-16H2,1-4H3,(H,23,27). The van der Waals surface area contributed by atoms with Crippen molar-refractivity contribution in [3.63, 3.8) is 0 Å². The minimum Gasteiger partial charge on any atom is -0.352 e. The second kappa shape index (κ2) is 11.5. The molecule has 0 aromatic heterocycles. The molecule has 0 aliphatic carbocycles. The fourth-order valence-corrected chi connectivity index (χ4v) is 5.32. The summed E-state index contributed by atoms with van der Waals surface area (Å²) in [6.45, 7) is 10.3. The molecule has 2 N–H and O–H groups in total. The van der Waals surface area contributed by atoms with Gasteiger partial charge in [-0.2, -0.15) is 0 Å². The van der Waals surface area contributed by atoms with Crippen LogP contribution in [0.3, 0.4) is 0 Å². The van der Waals surface area contributed by atoms with E-state index in [0.29, 0.717) is 44.6 Å². The zero-order chi connectivity index (χ0) is 23.0. The van der Waals surface area contributed by atoms with Crippen molar-refractivity contribution in [1.29, 1.82) is 0 Å². The van der Waals surface area contributed by atoms with Crippen LogP contribution in [0.5, 0.6) is 0 Å². The molecule has 174 valence electrons. The lowest BCUT2D eigenvalue weighted by Crippen LogP contribution is -2.48. The summed E-state index contributed by atoms with van der Waals surface area (Å²) in [5.74, 6) is -0.310. The van der Waals surface area contributed by atoms with Gasteiger partial charge in [-0.1, -0.05) is 24.3 Å². The van der Waals surface area contributed by atoms with E-state index in [-0.39, 0.29) is 36.2 Å². The zero-order valence-electron chi connectivity index (χ0n) is 19.1. The van der Waals surface area contributed by atoms with Crippen LogP contribution in [0.1, 0.15) is 51.7 Å². The summed E-state index contributed by atoms with van der Waals surface area (Å²) >= 11 is 0. The van der Waals surface area contributed by atoms with E-state index in [2.05, 4.69) is 10.0 Å². The molecule has 0 atom stereocenters. The predicted molar refractivity (Wildman–Crippen MR) is 122 cm³/mol. The average Bonchev–Trinajstić information content (AvgIpc) is 2.72. The molecule has 3 amide bonds. The van der Waals surface area contributed by atoms with Gasteiger partial charge in [0.1, 0.15) is 0 Å². The minimum atomic E-state index is -3.45. The Labute approximate surface area is 186 Å². The first kappa shape index (κ1) is 25.1. The summed E-state index contributed by atoms with van der Waals surface area (Å²) in [6.07, 6.45) is 1.26. The molecular formula is C22H36N4O4S. The molecule has 31 heavy (non-hydrogen) atoms. The monoisotopic (exact) mass is 452 g/mol. The van der Waals surface area contributed by atoms with Crippen molar-refractivity contribution < 1.29 is 18.0 Å². The Morgan fingerprint density at radius 3 is 2.23 bits per heavy atom. The van der Waals surface area contributed by atoms with Crippen molar-refractivity contribution in [3.8, 4) is 0 Å². The third-order valence-corrected chi connectivity index (χ3v) is 7.02. The average molecular weight is 453 g/mol. The first-order valence-corrected chi connectivity index (χ1v) is 12.7. The number of amides is 3. The fourth-order valence-electron chi connectivity index (χ4n) is 3.83. The SMILES string of the molecule is CCN(CC)C(=O)N1CCC(C(=O)NCc2ccccc2CS(=O)(=O)NC(C)C)CC1. The predicted octanol–water partition coefficient (Wildman–Crippen LogP) is 2.30. The number of nitrogens with one attached hydrogen (secondary N) is 2. The van der Waals surface area contributed by atoms with Crippen LogP contribution in [-0.4, -0.2) is 62.4 Å². The molecule has 1 fully saturated rings. The second-order valence-corrected chi connectivity index (χ2v) is 9.99. The van der Waals surface area contributed by atoms with E-state index < -0.39 is 10.0 Å². The summed E-state index contributed by atoms with van der Waals surface area (Å²) in [5, 5.41) is 2.96. The fraction of sp³-hybridized carbons (Fsp3) is 0.636. The second-order valence-electron chi connectivity index (χ2n) is 8.23. The van der Waals surface area contributed by atoms with Gasteiger partial charge in [0.2, 0.25) is 15.9 Å².